The van der Waals surface area contributed by atoms with Crippen LogP contribution in [0.2, 0.25) is 0 Å². The number of hydrogen-bond donors (Lipinski definition) is 3. The summed E-state index contributed by atoms with van der Waals surface area (Å²) in [5.74, 6) is 9.63. The number of benzene rings is 1. The van der Waals surface area contributed by atoms with Crippen LogP contribution in [-0.4, -0.2) is 55.3 Å². The molecule has 4 aromatic rings. The van der Waals surface area contributed by atoms with E-state index in [9.17, 15) is 19.5 Å². The van der Waals surface area contributed by atoms with Crippen LogP contribution in [0.3, 0.4) is 0 Å². The zero-order chi connectivity index (χ0) is 27.4. The van der Waals surface area contributed by atoms with Crippen LogP contribution < -0.4 is 11.3 Å². The molecule has 1 saturated heterocycles. The Kier molecular flexibility index (Phi) is 7.25. The zero-order valence-corrected chi connectivity index (χ0v) is 20.8. The van der Waals surface area contributed by atoms with Crippen molar-refractivity contribution in [2.45, 2.75) is 25.3 Å². The smallest absolute Gasteiger partial charge is 0.326 e. The molecule has 0 radical (unpaired) electrons. The lowest BCUT2D eigenvalue weighted by molar-refractivity contribution is -0.143. The summed E-state index contributed by atoms with van der Waals surface area (Å²) in [7, 11) is 0. The first-order chi connectivity index (χ1) is 18.9. The van der Waals surface area contributed by atoms with Crippen LogP contribution in [0.1, 0.15) is 51.2 Å². The minimum Gasteiger partial charge on any atom is -0.480 e. The van der Waals surface area contributed by atoms with Crippen molar-refractivity contribution in [3.63, 3.8) is 0 Å². The Morgan fingerprint density at radius 1 is 1.03 bits per heavy atom. The van der Waals surface area contributed by atoms with E-state index in [1.807, 2.05) is 24.3 Å². The van der Waals surface area contributed by atoms with E-state index in [1.54, 1.807) is 36.7 Å². The van der Waals surface area contributed by atoms with Gasteiger partial charge in [-0.25, -0.2) is 20.6 Å². The summed E-state index contributed by atoms with van der Waals surface area (Å²) < 4.78 is 0. The first kappa shape index (κ1) is 25.5. The van der Waals surface area contributed by atoms with Crippen LogP contribution in [0, 0.1) is 11.8 Å². The summed E-state index contributed by atoms with van der Waals surface area (Å²) in [5, 5.41) is 10.0. The number of nitrogens with zero attached hydrogens (tertiary/aromatic N) is 4. The molecule has 1 aromatic carbocycles. The van der Waals surface area contributed by atoms with Crippen molar-refractivity contribution < 1.29 is 19.5 Å². The number of carbonyl (C=O) groups is 3. The number of likely N-dealkylation sites (tertiary alicyclic amines) is 1. The van der Waals surface area contributed by atoms with Crippen molar-refractivity contribution in [2.24, 2.45) is 5.84 Å². The van der Waals surface area contributed by atoms with E-state index in [0.29, 0.717) is 46.4 Å². The van der Waals surface area contributed by atoms with Gasteiger partial charge in [-0.3, -0.25) is 20.0 Å². The lowest BCUT2D eigenvalue weighted by Gasteiger charge is -2.32. The fraction of sp³-hybridized carbons (Fsp3) is 0.172. The topological polar surface area (TPSA) is 151 Å². The highest BCUT2D eigenvalue weighted by atomic mass is 16.4. The van der Waals surface area contributed by atoms with E-state index >= 15 is 0 Å². The number of amides is 2. The quantitative estimate of drug-likeness (QED) is 0.161. The van der Waals surface area contributed by atoms with Gasteiger partial charge in [0.2, 0.25) is 0 Å². The summed E-state index contributed by atoms with van der Waals surface area (Å²) in [4.78, 5) is 51.1. The van der Waals surface area contributed by atoms with Gasteiger partial charge in [0.05, 0.1) is 22.3 Å². The Bertz CT molecular complexity index is 1620. The normalized spacial score (nSPS) is 14.8. The molecule has 4 N–H and O–H groups in total. The number of nitrogens with one attached hydrogen (secondary N) is 1. The number of nitrogens with two attached hydrogens (primary N) is 1. The molecule has 1 unspecified atom stereocenters. The largest absolute Gasteiger partial charge is 0.480 e. The summed E-state index contributed by atoms with van der Waals surface area (Å²) in [5.41, 5.74) is 6.11. The summed E-state index contributed by atoms with van der Waals surface area (Å²) in [6.07, 6.45) is 6.64. The van der Waals surface area contributed by atoms with Gasteiger partial charge < -0.3 is 10.0 Å². The first-order valence-electron chi connectivity index (χ1n) is 12.3. The number of aromatic nitrogens is 3. The number of carboxylic acids is 1. The first-order valence-corrected chi connectivity index (χ1v) is 12.3. The lowest BCUT2D eigenvalue weighted by atomic mass is 10.0. The van der Waals surface area contributed by atoms with Crippen LogP contribution in [0.25, 0.3) is 22.2 Å². The molecular weight excluding hydrogens is 496 g/mol. The number of hydrazine groups is 1. The van der Waals surface area contributed by atoms with Gasteiger partial charge in [-0.15, -0.1) is 0 Å². The minimum atomic E-state index is -0.986. The van der Waals surface area contributed by atoms with E-state index in [1.165, 1.54) is 11.1 Å². The molecule has 3 aromatic heterocycles. The van der Waals surface area contributed by atoms with Gasteiger partial charge in [0.1, 0.15) is 11.7 Å². The number of rotatable bonds is 4. The molecule has 0 spiro atoms. The Hall–Kier alpha value is -5.14. The summed E-state index contributed by atoms with van der Waals surface area (Å²) in [6, 6.07) is 13.2. The van der Waals surface area contributed by atoms with Crippen LogP contribution >= 0.6 is 0 Å². The van der Waals surface area contributed by atoms with Crippen molar-refractivity contribution in [2.75, 3.05) is 6.54 Å². The summed E-state index contributed by atoms with van der Waals surface area (Å²) in [6.45, 7) is 0.417. The molecule has 1 fully saturated rings. The third kappa shape index (κ3) is 5.44. The van der Waals surface area contributed by atoms with Gasteiger partial charge in [-0.05, 0) is 61.6 Å². The van der Waals surface area contributed by atoms with Crippen LogP contribution in [-0.2, 0) is 4.79 Å². The van der Waals surface area contributed by atoms with Crippen molar-refractivity contribution in [1.82, 2.24) is 25.3 Å². The van der Waals surface area contributed by atoms with Crippen LogP contribution in [0.4, 0.5) is 0 Å². The fourth-order valence-electron chi connectivity index (χ4n) is 4.53. The minimum absolute atomic E-state index is 0.333. The molecule has 0 saturated carbocycles. The van der Waals surface area contributed by atoms with Gasteiger partial charge in [0.15, 0.2) is 0 Å². The standard InChI is InChI=1S/C29H24N6O4/c30-34-27(36)22-15-25(33-24-12-13-31-17-23(22)24)19-7-4-18(5-8-19)6-10-21-11-9-20(16-32-21)28(37)35-14-2-1-3-26(35)29(38)39/h4-5,7-9,11-13,15-17,26H,1-3,14,30H2,(H,34,36)(H,38,39). The highest BCUT2D eigenvalue weighted by Gasteiger charge is 2.32. The molecule has 1 aliphatic heterocycles. The lowest BCUT2D eigenvalue weighted by Crippen LogP contribution is -2.48. The van der Waals surface area contributed by atoms with E-state index < -0.39 is 17.9 Å². The van der Waals surface area contributed by atoms with Crippen LogP contribution in [0.15, 0.2) is 67.1 Å². The predicted molar refractivity (Wildman–Crippen MR) is 143 cm³/mol. The van der Waals surface area contributed by atoms with Gasteiger partial charge in [-0.1, -0.05) is 18.1 Å². The highest BCUT2D eigenvalue weighted by Crippen LogP contribution is 2.25. The molecule has 2 amide bonds. The molecule has 10 heteroatoms. The van der Waals surface area contributed by atoms with E-state index in [2.05, 4.69) is 32.2 Å². The maximum Gasteiger partial charge on any atom is 0.326 e. The number of hydrogen-bond acceptors (Lipinski definition) is 7. The summed E-state index contributed by atoms with van der Waals surface area (Å²) >= 11 is 0. The van der Waals surface area contributed by atoms with Gasteiger partial charge in [-0.2, -0.15) is 0 Å². The van der Waals surface area contributed by atoms with Gasteiger partial charge in [0, 0.05) is 41.6 Å². The number of carboxylic acid groups (broad SMARTS) is 1. The second-order valence-corrected chi connectivity index (χ2v) is 9.03. The van der Waals surface area contributed by atoms with Crippen molar-refractivity contribution in [1.29, 1.82) is 0 Å². The molecular formula is C29H24N6O4. The molecule has 4 heterocycles. The second kappa shape index (κ2) is 11.1. The zero-order valence-electron chi connectivity index (χ0n) is 20.8. The number of aliphatic carboxylic acids is 1. The second-order valence-electron chi connectivity index (χ2n) is 9.03. The molecule has 5 rings (SSSR count). The van der Waals surface area contributed by atoms with Crippen molar-refractivity contribution in [3.8, 4) is 23.1 Å². The number of pyridine rings is 3. The maximum atomic E-state index is 12.9. The molecule has 194 valence electrons. The Morgan fingerprint density at radius 3 is 2.56 bits per heavy atom. The third-order valence-electron chi connectivity index (χ3n) is 6.56. The molecule has 39 heavy (non-hydrogen) atoms. The molecule has 10 nitrogen and oxygen atoms in total. The van der Waals surface area contributed by atoms with E-state index in [4.69, 9.17) is 5.84 Å². The molecule has 1 atom stereocenters. The highest BCUT2D eigenvalue weighted by molar-refractivity contribution is 6.06. The average molecular weight is 521 g/mol. The van der Waals surface area contributed by atoms with Gasteiger partial charge >= 0.3 is 5.97 Å². The number of piperidine rings is 1. The maximum absolute atomic E-state index is 12.9. The van der Waals surface area contributed by atoms with Crippen molar-refractivity contribution in [3.05, 3.63) is 89.5 Å². The molecule has 0 aliphatic carbocycles. The van der Waals surface area contributed by atoms with Crippen molar-refractivity contribution >= 4 is 28.7 Å². The molecule has 0 bridgehead atoms. The number of nitrogen functional groups attached to an aromatic ring is 1. The third-order valence-corrected chi connectivity index (χ3v) is 6.56. The monoisotopic (exact) mass is 520 g/mol. The van der Waals surface area contributed by atoms with E-state index in [0.717, 1.165) is 24.0 Å². The molecule has 1 aliphatic rings. The Labute approximate surface area is 223 Å². The van der Waals surface area contributed by atoms with Crippen LogP contribution in [0.5, 0.6) is 0 Å². The number of fused-ring (bicyclic) bond motifs is 1. The Balaban J connectivity index is 1.33. The number of carbonyl (C=O) groups excluding carboxylic acids is 2. The average Bonchev–Trinajstić information content (AvgIpc) is 2.99. The predicted octanol–water partition coefficient (Wildman–Crippen LogP) is 2.77. The van der Waals surface area contributed by atoms with E-state index in [-0.39, 0.29) is 5.91 Å². The fourth-order valence-corrected chi connectivity index (χ4v) is 4.53. The SMILES string of the molecule is NNC(=O)c1cc(-c2ccc(C#Cc3ccc(C(=O)N4CCCCC4C(=O)O)cn3)cc2)nc2ccncc12. The Morgan fingerprint density at radius 2 is 1.85 bits per heavy atom. The van der Waals surface area contributed by atoms with Gasteiger partial charge in [0.25, 0.3) is 11.8 Å².